The Balaban J connectivity index is 2.63. The van der Waals surface area contributed by atoms with Gasteiger partial charge in [0.1, 0.15) is 0 Å². The maximum Gasteiger partial charge on any atom is 0.316 e. The number of ether oxygens (including phenoxy) is 1. The van der Waals surface area contributed by atoms with Crippen LogP contribution in [0.5, 0.6) is 0 Å². The number of methoxy groups -OCH3 is 1. The van der Waals surface area contributed by atoms with Gasteiger partial charge in [0.2, 0.25) is 10.6 Å². The highest BCUT2D eigenvalue weighted by Gasteiger charge is 2.07. The lowest BCUT2D eigenvalue weighted by molar-refractivity contribution is -0.137. The zero-order valence-electron chi connectivity index (χ0n) is 7.03. The van der Waals surface area contributed by atoms with E-state index in [0.717, 1.165) is 11.8 Å². The molecule has 0 saturated carbocycles. The first-order chi connectivity index (χ1) is 6.61. The van der Waals surface area contributed by atoms with E-state index in [-0.39, 0.29) is 22.3 Å². The average molecular weight is 254 g/mol. The minimum Gasteiger partial charge on any atom is -0.468 e. The summed E-state index contributed by atoms with van der Waals surface area (Å²) in [6, 6.07) is 0. The van der Waals surface area contributed by atoms with E-state index in [1.165, 1.54) is 7.11 Å². The van der Waals surface area contributed by atoms with E-state index in [2.05, 4.69) is 19.7 Å². The Morgan fingerprint density at radius 3 is 2.43 bits per heavy atom. The summed E-state index contributed by atoms with van der Waals surface area (Å²) >= 11 is 12.1. The number of thioether (sulfide) groups is 1. The van der Waals surface area contributed by atoms with Gasteiger partial charge in [-0.05, 0) is 23.2 Å². The highest BCUT2D eigenvalue weighted by molar-refractivity contribution is 7.99. The molecule has 0 fully saturated rings. The Hall–Kier alpha value is -0.590. The van der Waals surface area contributed by atoms with Crippen LogP contribution in [0.15, 0.2) is 5.16 Å². The molecule has 0 N–H and O–H groups in total. The van der Waals surface area contributed by atoms with Gasteiger partial charge in [-0.15, -0.1) is 0 Å². The molecular weight excluding hydrogens is 249 g/mol. The zero-order valence-corrected chi connectivity index (χ0v) is 9.36. The summed E-state index contributed by atoms with van der Waals surface area (Å²) in [5.41, 5.74) is 0. The average Bonchev–Trinajstić information content (AvgIpc) is 2.12. The molecule has 0 radical (unpaired) electrons. The molecule has 1 aromatic rings. The van der Waals surface area contributed by atoms with Gasteiger partial charge in [0.25, 0.3) is 0 Å². The Morgan fingerprint density at radius 2 is 1.93 bits per heavy atom. The van der Waals surface area contributed by atoms with Crippen LogP contribution in [0.1, 0.15) is 0 Å². The number of carbonyl (C=O) groups is 1. The molecule has 5 nitrogen and oxygen atoms in total. The molecule has 0 bridgehead atoms. The summed E-state index contributed by atoms with van der Waals surface area (Å²) in [4.78, 5) is 21.8. The van der Waals surface area contributed by atoms with E-state index in [1.807, 2.05) is 0 Å². The number of aromatic nitrogens is 3. The SMILES string of the molecule is COC(=O)CSc1nc(Cl)nc(Cl)n1. The number of hydrogen-bond donors (Lipinski definition) is 0. The minimum atomic E-state index is -0.373. The summed E-state index contributed by atoms with van der Waals surface area (Å²) in [5, 5.41) is 0.287. The molecule has 8 heteroatoms. The molecule has 0 atom stereocenters. The lowest BCUT2D eigenvalue weighted by atomic mass is 10.8. The van der Waals surface area contributed by atoms with Gasteiger partial charge in [0.15, 0.2) is 5.16 Å². The summed E-state index contributed by atoms with van der Waals surface area (Å²) < 4.78 is 4.44. The van der Waals surface area contributed by atoms with Crippen LogP contribution in [0.25, 0.3) is 0 Å². The molecule has 76 valence electrons. The molecule has 0 amide bonds. The second kappa shape index (κ2) is 5.33. The molecule has 1 rings (SSSR count). The number of esters is 1. The molecule has 14 heavy (non-hydrogen) atoms. The monoisotopic (exact) mass is 253 g/mol. The molecule has 0 aliphatic rings. The molecule has 0 aromatic carbocycles. The third kappa shape index (κ3) is 3.65. The first-order valence-corrected chi connectivity index (χ1v) is 5.12. The maximum atomic E-state index is 10.8. The summed E-state index contributed by atoms with van der Waals surface area (Å²) in [7, 11) is 1.30. The first kappa shape index (κ1) is 11.5. The van der Waals surface area contributed by atoms with Gasteiger partial charge < -0.3 is 4.74 Å². The maximum absolute atomic E-state index is 10.8. The van der Waals surface area contributed by atoms with Crippen molar-refractivity contribution in [2.24, 2.45) is 0 Å². The van der Waals surface area contributed by atoms with Gasteiger partial charge in [-0.25, -0.2) is 0 Å². The Labute approximate surface area is 94.2 Å². The van der Waals surface area contributed by atoms with Gasteiger partial charge in [0, 0.05) is 0 Å². The predicted octanol–water partition coefficient (Wildman–Crippen LogP) is 1.44. The van der Waals surface area contributed by atoms with Gasteiger partial charge >= 0.3 is 5.97 Å². The van der Waals surface area contributed by atoms with Crippen molar-refractivity contribution in [1.82, 2.24) is 15.0 Å². The van der Waals surface area contributed by atoms with Crippen LogP contribution in [0.2, 0.25) is 10.6 Å². The van der Waals surface area contributed by atoms with Gasteiger partial charge in [0.05, 0.1) is 12.9 Å². The van der Waals surface area contributed by atoms with Crippen LogP contribution in [-0.4, -0.2) is 33.8 Å². The van der Waals surface area contributed by atoms with Gasteiger partial charge in [-0.3, -0.25) is 4.79 Å². The van der Waals surface area contributed by atoms with Crippen LogP contribution in [0, 0.1) is 0 Å². The fourth-order valence-electron chi connectivity index (χ4n) is 0.556. The number of nitrogens with zero attached hydrogens (tertiary/aromatic N) is 3. The second-order valence-electron chi connectivity index (χ2n) is 2.02. The van der Waals surface area contributed by atoms with Crippen LogP contribution < -0.4 is 0 Å². The lowest BCUT2D eigenvalue weighted by Crippen LogP contribution is -2.04. The van der Waals surface area contributed by atoms with E-state index >= 15 is 0 Å². The molecule has 0 spiro atoms. The van der Waals surface area contributed by atoms with E-state index in [9.17, 15) is 4.79 Å². The minimum absolute atomic E-state index is 0.00244. The van der Waals surface area contributed by atoms with Crippen molar-refractivity contribution in [2.45, 2.75) is 5.16 Å². The van der Waals surface area contributed by atoms with Crippen LogP contribution in [0.4, 0.5) is 0 Å². The van der Waals surface area contributed by atoms with Crippen LogP contribution in [-0.2, 0) is 9.53 Å². The molecule has 0 aliphatic carbocycles. The van der Waals surface area contributed by atoms with Crippen molar-refractivity contribution in [1.29, 1.82) is 0 Å². The van der Waals surface area contributed by atoms with Crippen molar-refractivity contribution in [3.63, 3.8) is 0 Å². The molecule has 1 heterocycles. The largest absolute Gasteiger partial charge is 0.468 e. The van der Waals surface area contributed by atoms with Crippen LogP contribution in [0.3, 0.4) is 0 Å². The van der Waals surface area contributed by atoms with Crippen molar-refractivity contribution in [2.75, 3.05) is 12.9 Å². The number of halogens is 2. The lowest BCUT2D eigenvalue weighted by Gasteiger charge is -1.99. The highest BCUT2D eigenvalue weighted by atomic mass is 35.5. The fraction of sp³-hybridized carbons (Fsp3) is 0.333. The predicted molar refractivity (Wildman–Crippen MR) is 52.6 cm³/mol. The zero-order chi connectivity index (χ0) is 10.6. The summed E-state index contributed by atoms with van der Waals surface area (Å²) in [6.45, 7) is 0. The Kier molecular flexibility index (Phi) is 4.37. The Bertz CT molecular complexity index is 330. The number of carbonyl (C=O) groups excluding carboxylic acids is 1. The topological polar surface area (TPSA) is 65.0 Å². The second-order valence-corrected chi connectivity index (χ2v) is 3.64. The standard InChI is InChI=1S/C6H5Cl2N3O2S/c1-13-3(12)2-14-6-10-4(7)9-5(8)11-6/h2H2,1H3. The van der Waals surface area contributed by atoms with E-state index < -0.39 is 0 Å². The van der Waals surface area contributed by atoms with Crippen molar-refractivity contribution < 1.29 is 9.53 Å². The summed E-state index contributed by atoms with van der Waals surface area (Å²) in [5.74, 6) is -0.268. The third-order valence-electron chi connectivity index (χ3n) is 1.11. The van der Waals surface area contributed by atoms with E-state index in [4.69, 9.17) is 23.2 Å². The number of rotatable bonds is 3. The van der Waals surface area contributed by atoms with Crippen LogP contribution >= 0.6 is 35.0 Å². The van der Waals surface area contributed by atoms with Gasteiger partial charge in [-0.1, -0.05) is 11.8 Å². The fourth-order valence-corrected chi connectivity index (χ4v) is 1.69. The quantitative estimate of drug-likeness (QED) is 0.600. The highest BCUT2D eigenvalue weighted by Crippen LogP contribution is 2.16. The van der Waals surface area contributed by atoms with Crippen molar-refractivity contribution in [3.8, 4) is 0 Å². The molecule has 0 saturated heterocycles. The first-order valence-electron chi connectivity index (χ1n) is 3.38. The summed E-state index contributed by atoms with van der Waals surface area (Å²) in [6.07, 6.45) is 0. The molecule has 0 unspecified atom stereocenters. The normalized spacial score (nSPS) is 9.93. The third-order valence-corrected chi connectivity index (χ3v) is 2.27. The Morgan fingerprint density at radius 1 is 1.36 bits per heavy atom. The molecule has 0 aliphatic heterocycles. The van der Waals surface area contributed by atoms with Crippen molar-refractivity contribution in [3.05, 3.63) is 10.6 Å². The molecule has 1 aromatic heterocycles. The van der Waals surface area contributed by atoms with E-state index in [1.54, 1.807) is 0 Å². The molecular formula is C6H5Cl2N3O2S. The van der Waals surface area contributed by atoms with E-state index in [0.29, 0.717) is 5.16 Å². The smallest absolute Gasteiger partial charge is 0.316 e. The number of hydrogen-bond acceptors (Lipinski definition) is 6. The van der Waals surface area contributed by atoms with Gasteiger partial charge in [-0.2, -0.15) is 15.0 Å². The van der Waals surface area contributed by atoms with Crippen molar-refractivity contribution >= 4 is 40.9 Å².